The predicted molar refractivity (Wildman–Crippen MR) is 97.1 cm³/mol. The summed E-state index contributed by atoms with van der Waals surface area (Å²) in [5.41, 5.74) is 2.48. The molecule has 23 heavy (non-hydrogen) atoms. The number of carbonyl (C=O) groups is 1. The Hall–Kier alpha value is -2.64. The van der Waals surface area contributed by atoms with Gasteiger partial charge in [0.2, 0.25) is 0 Å². The highest BCUT2D eigenvalue weighted by Crippen LogP contribution is 2.37. The first-order valence-electron chi connectivity index (χ1n) is 7.45. The van der Waals surface area contributed by atoms with Gasteiger partial charge in [0.15, 0.2) is 0 Å². The zero-order valence-corrected chi connectivity index (χ0v) is 13.0. The van der Waals surface area contributed by atoms with Crippen LogP contribution in [0.1, 0.15) is 10.4 Å². The Morgan fingerprint density at radius 1 is 0.652 bits per heavy atom. The normalized spacial score (nSPS) is 11.0. The highest BCUT2D eigenvalue weighted by atomic mass is 35.5. The minimum Gasteiger partial charge on any atom is -0.276 e. The van der Waals surface area contributed by atoms with Crippen LogP contribution < -0.4 is 0 Å². The van der Waals surface area contributed by atoms with Gasteiger partial charge >= 0.3 is 0 Å². The summed E-state index contributed by atoms with van der Waals surface area (Å²) in [5, 5.41) is 3.96. The lowest BCUT2D eigenvalue weighted by molar-refractivity contribution is 0.108. The molecule has 0 aliphatic carbocycles. The standard InChI is InChI=1S/C21H13ClO/c22-21(23)19-13-12-15-7-2-4-10-17(15)20(19)18-11-5-8-14-6-1-3-9-16(14)18/h1-13H. The minimum absolute atomic E-state index is 0.432. The van der Waals surface area contributed by atoms with E-state index in [1.807, 2.05) is 60.7 Å². The van der Waals surface area contributed by atoms with Crippen LogP contribution in [0.3, 0.4) is 0 Å². The quantitative estimate of drug-likeness (QED) is 0.412. The van der Waals surface area contributed by atoms with Crippen molar-refractivity contribution in [2.75, 3.05) is 0 Å². The maximum atomic E-state index is 12.0. The Kier molecular flexibility index (Phi) is 3.36. The Bertz CT molecular complexity index is 1040. The fourth-order valence-corrected chi connectivity index (χ4v) is 3.33. The van der Waals surface area contributed by atoms with Crippen LogP contribution in [0.2, 0.25) is 0 Å². The maximum absolute atomic E-state index is 12.0. The summed E-state index contributed by atoms with van der Waals surface area (Å²) in [5.74, 6) is 0. The van der Waals surface area contributed by atoms with Crippen LogP contribution in [0.15, 0.2) is 78.9 Å². The molecule has 0 N–H and O–H groups in total. The highest BCUT2D eigenvalue weighted by molar-refractivity contribution is 6.68. The summed E-state index contributed by atoms with van der Waals surface area (Å²) in [6.45, 7) is 0. The van der Waals surface area contributed by atoms with Crippen molar-refractivity contribution in [3.8, 4) is 11.1 Å². The third kappa shape index (κ3) is 2.30. The van der Waals surface area contributed by atoms with Gasteiger partial charge in [0.05, 0.1) is 0 Å². The average Bonchev–Trinajstić information content (AvgIpc) is 2.60. The first-order chi connectivity index (χ1) is 11.3. The molecular weight excluding hydrogens is 304 g/mol. The van der Waals surface area contributed by atoms with Crippen molar-refractivity contribution in [1.82, 2.24) is 0 Å². The van der Waals surface area contributed by atoms with E-state index in [0.29, 0.717) is 5.56 Å². The van der Waals surface area contributed by atoms with E-state index in [-0.39, 0.29) is 0 Å². The molecule has 4 aromatic rings. The number of rotatable bonds is 2. The largest absolute Gasteiger partial charge is 0.276 e. The van der Waals surface area contributed by atoms with E-state index in [9.17, 15) is 4.79 Å². The molecule has 0 spiro atoms. The smallest absolute Gasteiger partial charge is 0.253 e. The maximum Gasteiger partial charge on any atom is 0.253 e. The zero-order valence-electron chi connectivity index (χ0n) is 12.3. The molecule has 110 valence electrons. The number of halogens is 1. The van der Waals surface area contributed by atoms with Crippen LogP contribution >= 0.6 is 11.6 Å². The lowest BCUT2D eigenvalue weighted by atomic mass is 9.90. The average molecular weight is 317 g/mol. The van der Waals surface area contributed by atoms with Gasteiger partial charge in [0.25, 0.3) is 5.24 Å². The Morgan fingerprint density at radius 2 is 1.26 bits per heavy atom. The SMILES string of the molecule is O=C(Cl)c1ccc2ccccc2c1-c1cccc2ccccc12. The van der Waals surface area contributed by atoms with E-state index in [1.165, 1.54) is 0 Å². The molecule has 0 unspecified atom stereocenters. The molecule has 0 saturated carbocycles. The van der Waals surface area contributed by atoms with Crippen molar-refractivity contribution < 1.29 is 4.79 Å². The van der Waals surface area contributed by atoms with Crippen molar-refractivity contribution >= 4 is 38.4 Å². The van der Waals surface area contributed by atoms with Gasteiger partial charge in [0, 0.05) is 11.1 Å². The molecule has 4 aromatic carbocycles. The van der Waals surface area contributed by atoms with Gasteiger partial charge in [-0.1, -0.05) is 72.8 Å². The summed E-state index contributed by atoms with van der Waals surface area (Å²) < 4.78 is 0. The lowest BCUT2D eigenvalue weighted by Crippen LogP contribution is -1.95. The van der Waals surface area contributed by atoms with Crippen molar-refractivity contribution in [3.63, 3.8) is 0 Å². The van der Waals surface area contributed by atoms with Crippen molar-refractivity contribution in [2.45, 2.75) is 0 Å². The van der Waals surface area contributed by atoms with Crippen molar-refractivity contribution in [2.24, 2.45) is 0 Å². The Labute approximate surface area is 139 Å². The minimum atomic E-state index is -0.432. The van der Waals surface area contributed by atoms with Crippen LogP contribution in [0.4, 0.5) is 0 Å². The molecule has 0 fully saturated rings. The molecule has 1 nitrogen and oxygen atoms in total. The molecule has 0 aliphatic rings. The van der Waals surface area contributed by atoms with E-state index < -0.39 is 5.24 Å². The van der Waals surface area contributed by atoms with E-state index in [2.05, 4.69) is 18.2 Å². The molecule has 0 aromatic heterocycles. The molecule has 0 atom stereocenters. The van der Waals surface area contributed by atoms with Gasteiger partial charge in [-0.25, -0.2) is 0 Å². The number of fused-ring (bicyclic) bond motifs is 2. The number of benzene rings is 4. The van der Waals surface area contributed by atoms with E-state index >= 15 is 0 Å². The third-order valence-electron chi connectivity index (χ3n) is 4.20. The molecule has 0 bridgehead atoms. The highest BCUT2D eigenvalue weighted by Gasteiger charge is 2.16. The van der Waals surface area contributed by atoms with Gasteiger partial charge in [-0.3, -0.25) is 4.79 Å². The molecule has 0 amide bonds. The van der Waals surface area contributed by atoms with Crippen molar-refractivity contribution in [1.29, 1.82) is 0 Å². The summed E-state index contributed by atoms with van der Waals surface area (Å²) in [7, 11) is 0. The van der Waals surface area contributed by atoms with Crippen LogP contribution in [0, 0.1) is 0 Å². The van der Waals surface area contributed by atoms with Crippen molar-refractivity contribution in [3.05, 3.63) is 84.4 Å². The van der Waals surface area contributed by atoms with Gasteiger partial charge in [-0.2, -0.15) is 0 Å². The third-order valence-corrected chi connectivity index (χ3v) is 4.40. The first-order valence-corrected chi connectivity index (χ1v) is 7.83. The van der Waals surface area contributed by atoms with Gasteiger partial charge in [0.1, 0.15) is 0 Å². The zero-order chi connectivity index (χ0) is 15.8. The van der Waals surface area contributed by atoms with Crippen LogP contribution in [-0.4, -0.2) is 5.24 Å². The Balaban J connectivity index is 2.19. The van der Waals surface area contributed by atoms with E-state index in [1.54, 1.807) is 0 Å². The first kappa shape index (κ1) is 14.0. The summed E-state index contributed by atoms with van der Waals surface area (Å²) in [4.78, 5) is 12.0. The van der Waals surface area contributed by atoms with Crippen LogP contribution in [-0.2, 0) is 0 Å². The second kappa shape index (κ2) is 5.53. The van der Waals surface area contributed by atoms with Gasteiger partial charge in [-0.05, 0) is 44.8 Å². The van der Waals surface area contributed by atoms with Crippen LogP contribution in [0.5, 0.6) is 0 Å². The lowest BCUT2D eigenvalue weighted by Gasteiger charge is -2.13. The summed E-state index contributed by atoms with van der Waals surface area (Å²) in [6, 6.07) is 26.2. The predicted octanol–water partition coefficient (Wildman–Crippen LogP) is 6.04. The number of hydrogen-bond acceptors (Lipinski definition) is 1. The molecule has 0 radical (unpaired) electrons. The van der Waals surface area contributed by atoms with Gasteiger partial charge < -0.3 is 0 Å². The molecule has 2 heteroatoms. The monoisotopic (exact) mass is 316 g/mol. The topological polar surface area (TPSA) is 17.1 Å². The van der Waals surface area contributed by atoms with E-state index in [4.69, 9.17) is 11.6 Å². The fraction of sp³-hybridized carbons (Fsp3) is 0. The molecule has 0 heterocycles. The van der Waals surface area contributed by atoms with Gasteiger partial charge in [-0.15, -0.1) is 0 Å². The second-order valence-electron chi connectivity index (χ2n) is 5.51. The number of hydrogen-bond donors (Lipinski definition) is 0. The van der Waals surface area contributed by atoms with E-state index in [0.717, 1.165) is 32.7 Å². The molecule has 4 rings (SSSR count). The second-order valence-corrected chi connectivity index (χ2v) is 5.85. The number of carbonyl (C=O) groups excluding carboxylic acids is 1. The Morgan fingerprint density at radius 3 is 2.00 bits per heavy atom. The molecule has 0 saturated heterocycles. The molecule has 0 aliphatic heterocycles. The summed E-state index contributed by atoms with van der Waals surface area (Å²) >= 11 is 5.87. The fourth-order valence-electron chi connectivity index (χ4n) is 3.17. The molecular formula is C21H13ClO. The van der Waals surface area contributed by atoms with Crippen LogP contribution in [0.25, 0.3) is 32.7 Å². The summed E-state index contributed by atoms with van der Waals surface area (Å²) in [6.07, 6.45) is 0.